The van der Waals surface area contributed by atoms with E-state index in [1.165, 1.54) is 18.4 Å². The largest absolute Gasteiger partial charge is 0.395 e. The molecule has 0 bridgehead atoms. The van der Waals surface area contributed by atoms with E-state index in [9.17, 15) is 0 Å². The molecule has 4 heteroatoms. The van der Waals surface area contributed by atoms with Crippen molar-refractivity contribution in [3.8, 4) is 0 Å². The minimum absolute atomic E-state index is 0.220. The van der Waals surface area contributed by atoms with Crippen LogP contribution in [0.5, 0.6) is 0 Å². The fourth-order valence-corrected chi connectivity index (χ4v) is 2.35. The predicted octanol–water partition coefficient (Wildman–Crippen LogP) is 0.628. The van der Waals surface area contributed by atoms with E-state index in [-0.39, 0.29) is 6.61 Å². The number of aliphatic hydroxyl groups excluding tert-OH is 1. The number of hydrogen-bond donors (Lipinski definition) is 2. The molecular weight excluding hydrogens is 214 g/mol. The highest BCUT2D eigenvalue weighted by Gasteiger charge is 2.17. The zero-order valence-electron chi connectivity index (χ0n) is 10.2. The predicted molar refractivity (Wildman–Crippen MR) is 67.6 cm³/mol. The normalized spacial score (nSPS) is 20.0. The van der Waals surface area contributed by atoms with Gasteiger partial charge in [-0.3, -0.25) is 9.88 Å². The number of aromatic nitrogens is 1. The van der Waals surface area contributed by atoms with Crippen LogP contribution in [0.1, 0.15) is 18.4 Å². The van der Waals surface area contributed by atoms with Crippen LogP contribution < -0.4 is 5.32 Å². The minimum atomic E-state index is 0.220. The van der Waals surface area contributed by atoms with Crippen LogP contribution >= 0.6 is 0 Å². The number of pyridine rings is 1. The van der Waals surface area contributed by atoms with Gasteiger partial charge in [0.15, 0.2) is 0 Å². The van der Waals surface area contributed by atoms with Crippen molar-refractivity contribution in [3.63, 3.8) is 0 Å². The molecule has 0 spiro atoms. The second-order valence-electron chi connectivity index (χ2n) is 4.61. The monoisotopic (exact) mass is 235 g/mol. The Morgan fingerprint density at radius 1 is 1.41 bits per heavy atom. The van der Waals surface area contributed by atoms with Gasteiger partial charge in [0, 0.05) is 38.1 Å². The van der Waals surface area contributed by atoms with E-state index in [1.54, 1.807) is 0 Å². The lowest BCUT2D eigenvalue weighted by Gasteiger charge is -2.24. The summed E-state index contributed by atoms with van der Waals surface area (Å²) in [7, 11) is 0. The van der Waals surface area contributed by atoms with Gasteiger partial charge in [0.25, 0.3) is 0 Å². The summed E-state index contributed by atoms with van der Waals surface area (Å²) in [6, 6.07) is 4.65. The van der Waals surface area contributed by atoms with Crippen molar-refractivity contribution in [1.29, 1.82) is 0 Å². The molecule has 0 saturated carbocycles. The molecule has 0 amide bonds. The summed E-state index contributed by atoms with van der Waals surface area (Å²) in [4.78, 5) is 6.33. The summed E-state index contributed by atoms with van der Waals surface area (Å²) in [5.74, 6) is 0. The molecule has 1 atom stereocenters. The SMILES string of the molecule is OCCN(Cc1ccncc1)CC1CCCN1. The summed E-state index contributed by atoms with van der Waals surface area (Å²) in [6.45, 7) is 4.00. The van der Waals surface area contributed by atoms with Crippen molar-refractivity contribution < 1.29 is 5.11 Å². The van der Waals surface area contributed by atoms with Gasteiger partial charge in [0.2, 0.25) is 0 Å². The van der Waals surface area contributed by atoms with Crippen molar-refractivity contribution in [2.24, 2.45) is 0 Å². The number of aliphatic hydroxyl groups is 1. The third-order valence-corrected chi connectivity index (χ3v) is 3.21. The van der Waals surface area contributed by atoms with E-state index in [1.807, 2.05) is 24.5 Å². The van der Waals surface area contributed by atoms with Gasteiger partial charge in [-0.05, 0) is 37.1 Å². The van der Waals surface area contributed by atoms with Crippen LogP contribution in [0.15, 0.2) is 24.5 Å². The molecule has 0 radical (unpaired) electrons. The van der Waals surface area contributed by atoms with Crippen LogP contribution in [0, 0.1) is 0 Å². The lowest BCUT2D eigenvalue weighted by Crippen LogP contribution is -2.38. The standard InChI is InChI=1S/C13H21N3O/c17-9-8-16(11-13-2-1-5-15-13)10-12-3-6-14-7-4-12/h3-4,6-7,13,15,17H,1-2,5,8-11H2. The maximum atomic E-state index is 9.11. The Hall–Kier alpha value is -0.970. The first-order valence-corrected chi connectivity index (χ1v) is 6.34. The van der Waals surface area contributed by atoms with Crippen LogP contribution in [0.2, 0.25) is 0 Å². The summed E-state index contributed by atoms with van der Waals surface area (Å²) < 4.78 is 0. The van der Waals surface area contributed by atoms with Crippen LogP contribution in [0.3, 0.4) is 0 Å². The highest BCUT2D eigenvalue weighted by molar-refractivity contribution is 5.09. The molecule has 94 valence electrons. The molecule has 1 saturated heterocycles. The fourth-order valence-electron chi connectivity index (χ4n) is 2.35. The van der Waals surface area contributed by atoms with Crippen LogP contribution in [-0.2, 0) is 6.54 Å². The minimum Gasteiger partial charge on any atom is -0.395 e. The summed E-state index contributed by atoms with van der Waals surface area (Å²) >= 11 is 0. The molecule has 1 aromatic rings. The van der Waals surface area contributed by atoms with E-state index >= 15 is 0 Å². The van der Waals surface area contributed by atoms with Crippen molar-refractivity contribution in [2.75, 3.05) is 26.2 Å². The molecule has 1 aliphatic heterocycles. The Labute approximate surface area is 103 Å². The third-order valence-electron chi connectivity index (χ3n) is 3.21. The smallest absolute Gasteiger partial charge is 0.0558 e. The second-order valence-corrected chi connectivity index (χ2v) is 4.61. The molecule has 2 heterocycles. The summed E-state index contributed by atoms with van der Waals surface area (Å²) in [5, 5.41) is 12.6. The first-order chi connectivity index (χ1) is 8.38. The number of nitrogens with one attached hydrogen (secondary N) is 1. The van der Waals surface area contributed by atoms with Gasteiger partial charge in [0.05, 0.1) is 6.61 Å². The topological polar surface area (TPSA) is 48.4 Å². The van der Waals surface area contributed by atoms with Crippen LogP contribution in [-0.4, -0.2) is 47.3 Å². The van der Waals surface area contributed by atoms with Gasteiger partial charge in [0.1, 0.15) is 0 Å². The van der Waals surface area contributed by atoms with Gasteiger partial charge < -0.3 is 10.4 Å². The van der Waals surface area contributed by atoms with E-state index in [4.69, 9.17) is 5.11 Å². The van der Waals surface area contributed by atoms with Crippen molar-refractivity contribution in [2.45, 2.75) is 25.4 Å². The Morgan fingerprint density at radius 3 is 2.88 bits per heavy atom. The molecule has 2 N–H and O–H groups in total. The molecule has 0 aliphatic carbocycles. The molecule has 1 fully saturated rings. The van der Waals surface area contributed by atoms with Crippen molar-refractivity contribution in [3.05, 3.63) is 30.1 Å². The molecule has 17 heavy (non-hydrogen) atoms. The Kier molecular flexibility index (Phi) is 4.91. The van der Waals surface area contributed by atoms with Crippen LogP contribution in [0.25, 0.3) is 0 Å². The highest BCUT2D eigenvalue weighted by atomic mass is 16.3. The molecule has 2 rings (SSSR count). The highest BCUT2D eigenvalue weighted by Crippen LogP contribution is 2.09. The Balaban J connectivity index is 1.87. The van der Waals surface area contributed by atoms with E-state index < -0.39 is 0 Å². The zero-order valence-corrected chi connectivity index (χ0v) is 10.2. The average Bonchev–Trinajstić information content (AvgIpc) is 2.83. The zero-order chi connectivity index (χ0) is 11.9. The second kappa shape index (κ2) is 6.69. The van der Waals surface area contributed by atoms with E-state index in [0.29, 0.717) is 6.04 Å². The Bertz CT molecular complexity index is 312. The Morgan fingerprint density at radius 2 is 2.24 bits per heavy atom. The summed E-state index contributed by atoms with van der Waals surface area (Å²) in [5.41, 5.74) is 1.26. The lowest BCUT2D eigenvalue weighted by molar-refractivity contribution is 0.179. The maximum Gasteiger partial charge on any atom is 0.0558 e. The molecule has 1 aliphatic rings. The molecule has 0 aromatic carbocycles. The van der Waals surface area contributed by atoms with Gasteiger partial charge in [-0.2, -0.15) is 0 Å². The first-order valence-electron chi connectivity index (χ1n) is 6.34. The molecule has 4 nitrogen and oxygen atoms in total. The van der Waals surface area contributed by atoms with Crippen LogP contribution in [0.4, 0.5) is 0 Å². The third kappa shape index (κ3) is 4.07. The number of rotatable bonds is 6. The average molecular weight is 235 g/mol. The lowest BCUT2D eigenvalue weighted by atomic mass is 10.2. The van der Waals surface area contributed by atoms with Crippen molar-refractivity contribution >= 4 is 0 Å². The quantitative estimate of drug-likeness (QED) is 0.759. The van der Waals surface area contributed by atoms with Gasteiger partial charge in [-0.15, -0.1) is 0 Å². The number of nitrogens with zero attached hydrogens (tertiary/aromatic N) is 2. The van der Waals surface area contributed by atoms with E-state index in [0.717, 1.165) is 26.2 Å². The van der Waals surface area contributed by atoms with Gasteiger partial charge in [-0.1, -0.05) is 0 Å². The number of hydrogen-bond acceptors (Lipinski definition) is 4. The van der Waals surface area contributed by atoms with Gasteiger partial charge in [-0.25, -0.2) is 0 Å². The molecular formula is C13H21N3O. The molecule has 1 unspecified atom stereocenters. The fraction of sp³-hybridized carbons (Fsp3) is 0.615. The van der Waals surface area contributed by atoms with Crippen molar-refractivity contribution in [1.82, 2.24) is 15.2 Å². The first kappa shape index (κ1) is 12.5. The maximum absolute atomic E-state index is 9.11. The summed E-state index contributed by atoms with van der Waals surface area (Å²) in [6.07, 6.45) is 6.16. The van der Waals surface area contributed by atoms with Gasteiger partial charge >= 0.3 is 0 Å². The van der Waals surface area contributed by atoms with E-state index in [2.05, 4.69) is 15.2 Å². The molecule has 1 aromatic heterocycles.